The fourth-order valence-electron chi connectivity index (χ4n) is 2.41. The predicted molar refractivity (Wildman–Crippen MR) is 99.8 cm³/mol. The van der Waals surface area contributed by atoms with Crippen LogP contribution in [0.15, 0.2) is 48.6 Å². The number of hydrogen-bond acceptors (Lipinski definition) is 4. The lowest BCUT2D eigenvalue weighted by Crippen LogP contribution is -2.30. The Bertz CT molecular complexity index is 571. The third-order valence-corrected chi connectivity index (χ3v) is 3.92. The first-order valence-electron chi connectivity index (χ1n) is 8.72. The molecule has 0 saturated heterocycles. The summed E-state index contributed by atoms with van der Waals surface area (Å²) in [4.78, 5) is 24.1. The molecule has 0 N–H and O–H groups in total. The lowest BCUT2D eigenvalue weighted by atomic mass is 9.89. The molecule has 0 radical (unpaired) electrons. The van der Waals surface area contributed by atoms with E-state index in [1.54, 1.807) is 13.8 Å². The smallest absolute Gasteiger partial charge is 0.320 e. The highest BCUT2D eigenvalue weighted by molar-refractivity contribution is 5.94. The van der Waals surface area contributed by atoms with Crippen LogP contribution in [0.2, 0.25) is 0 Å². The van der Waals surface area contributed by atoms with Gasteiger partial charge in [-0.15, -0.1) is 0 Å². The Balaban J connectivity index is 2.63. The number of hydrogen-bond donors (Lipinski definition) is 0. The van der Waals surface area contributed by atoms with Gasteiger partial charge in [0.1, 0.15) is 0 Å². The molecule has 1 aromatic carbocycles. The molecule has 1 atom stereocenters. The molecule has 4 nitrogen and oxygen atoms in total. The Labute approximate surface area is 150 Å². The summed E-state index contributed by atoms with van der Waals surface area (Å²) in [5.74, 6) is -1.95. The van der Waals surface area contributed by atoms with Crippen LogP contribution in [0.3, 0.4) is 0 Å². The minimum atomic E-state index is -0.898. The zero-order chi connectivity index (χ0) is 18.7. The van der Waals surface area contributed by atoms with Crippen molar-refractivity contribution in [1.82, 2.24) is 0 Å². The van der Waals surface area contributed by atoms with Gasteiger partial charge in [0, 0.05) is 0 Å². The summed E-state index contributed by atoms with van der Waals surface area (Å²) >= 11 is 0. The minimum absolute atomic E-state index is 0.000708. The summed E-state index contributed by atoms with van der Waals surface area (Å²) in [6.07, 6.45) is 5.11. The molecular weight excluding hydrogens is 316 g/mol. The topological polar surface area (TPSA) is 52.6 Å². The first-order valence-corrected chi connectivity index (χ1v) is 8.72. The Hall–Kier alpha value is -2.36. The number of esters is 2. The van der Waals surface area contributed by atoms with Crippen molar-refractivity contribution in [3.63, 3.8) is 0 Å². The Morgan fingerprint density at radius 3 is 2.16 bits per heavy atom. The van der Waals surface area contributed by atoms with Crippen LogP contribution < -0.4 is 0 Å². The molecule has 0 aliphatic rings. The van der Waals surface area contributed by atoms with E-state index in [1.165, 1.54) is 0 Å². The summed E-state index contributed by atoms with van der Waals surface area (Å²) in [6.45, 7) is 9.97. The van der Waals surface area contributed by atoms with Crippen LogP contribution in [0.25, 0.3) is 6.08 Å². The van der Waals surface area contributed by atoms with E-state index in [0.29, 0.717) is 12.8 Å². The zero-order valence-electron chi connectivity index (χ0n) is 15.4. The SMILES string of the molecule is C=C(C/C=C/c1ccccc1)C(C)CC(C(=O)OCC)C(=O)OCC. The normalized spacial score (nSPS) is 12.2. The molecule has 0 amide bonds. The van der Waals surface area contributed by atoms with Gasteiger partial charge in [-0.2, -0.15) is 0 Å². The molecule has 1 rings (SSSR count). The predicted octanol–water partition coefficient (Wildman–Crippen LogP) is 4.41. The summed E-state index contributed by atoms with van der Waals surface area (Å²) in [5, 5.41) is 0. The fraction of sp³-hybridized carbons (Fsp3) is 0.429. The van der Waals surface area contributed by atoms with Gasteiger partial charge in [0.05, 0.1) is 13.2 Å². The van der Waals surface area contributed by atoms with Crippen LogP contribution in [0.1, 0.15) is 39.2 Å². The summed E-state index contributed by atoms with van der Waals surface area (Å²) in [7, 11) is 0. The number of allylic oxidation sites excluding steroid dienone is 2. The first-order chi connectivity index (χ1) is 12.0. The highest BCUT2D eigenvalue weighted by atomic mass is 16.6. The van der Waals surface area contributed by atoms with E-state index < -0.39 is 17.9 Å². The largest absolute Gasteiger partial charge is 0.465 e. The van der Waals surface area contributed by atoms with Gasteiger partial charge in [0.15, 0.2) is 5.92 Å². The van der Waals surface area contributed by atoms with E-state index in [9.17, 15) is 9.59 Å². The van der Waals surface area contributed by atoms with Gasteiger partial charge in [-0.05, 0) is 38.2 Å². The number of carbonyl (C=O) groups excluding carboxylic acids is 2. The van der Waals surface area contributed by atoms with Gasteiger partial charge >= 0.3 is 11.9 Å². The van der Waals surface area contributed by atoms with Gasteiger partial charge < -0.3 is 9.47 Å². The van der Waals surface area contributed by atoms with Crippen molar-refractivity contribution in [2.75, 3.05) is 13.2 Å². The minimum Gasteiger partial charge on any atom is -0.465 e. The van der Waals surface area contributed by atoms with E-state index in [-0.39, 0.29) is 19.1 Å². The van der Waals surface area contributed by atoms with E-state index in [4.69, 9.17) is 9.47 Å². The maximum atomic E-state index is 12.0. The second-order valence-electron chi connectivity index (χ2n) is 5.87. The zero-order valence-corrected chi connectivity index (χ0v) is 15.4. The number of rotatable bonds is 10. The average molecular weight is 344 g/mol. The molecule has 4 heteroatoms. The highest BCUT2D eigenvalue weighted by Gasteiger charge is 2.31. The van der Waals surface area contributed by atoms with Crippen molar-refractivity contribution in [2.24, 2.45) is 11.8 Å². The van der Waals surface area contributed by atoms with Crippen molar-refractivity contribution in [1.29, 1.82) is 0 Å². The van der Waals surface area contributed by atoms with E-state index in [2.05, 4.69) is 6.58 Å². The third kappa shape index (κ3) is 7.38. The Morgan fingerprint density at radius 1 is 1.08 bits per heavy atom. The average Bonchev–Trinajstić information content (AvgIpc) is 2.60. The Kier molecular flexibility index (Phi) is 9.30. The van der Waals surface area contributed by atoms with Gasteiger partial charge in [0.2, 0.25) is 0 Å². The van der Waals surface area contributed by atoms with E-state index in [0.717, 1.165) is 11.1 Å². The van der Waals surface area contributed by atoms with Crippen molar-refractivity contribution >= 4 is 18.0 Å². The maximum absolute atomic E-state index is 12.0. The van der Waals surface area contributed by atoms with Crippen LogP contribution in [0, 0.1) is 11.8 Å². The van der Waals surface area contributed by atoms with Crippen molar-refractivity contribution in [2.45, 2.75) is 33.6 Å². The molecule has 1 aromatic rings. The van der Waals surface area contributed by atoms with E-state index >= 15 is 0 Å². The quantitative estimate of drug-likeness (QED) is 0.358. The Morgan fingerprint density at radius 2 is 1.64 bits per heavy atom. The molecule has 25 heavy (non-hydrogen) atoms. The molecular formula is C21H28O4. The van der Waals surface area contributed by atoms with Crippen molar-refractivity contribution in [3.05, 3.63) is 54.1 Å². The van der Waals surface area contributed by atoms with Crippen molar-refractivity contribution < 1.29 is 19.1 Å². The molecule has 0 aromatic heterocycles. The molecule has 136 valence electrons. The monoisotopic (exact) mass is 344 g/mol. The summed E-state index contributed by atoms with van der Waals surface area (Å²) in [6, 6.07) is 10.0. The molecule has 0 aliphatic heterocycles. The summed E-state index contributed by atoms with van der Waals surface area (Å²) in [5.41, 5.74) is 2.09. The van der Waals surface area contributed by atoms with Crippen LogP contribution >= 0.6 is 0 Å². The number of carbonyl (C=O) groups is 2. The lowest BCUT2D eigenvalue weighted by molar-refractivity contribution is -0.162. The van der Waals surface area contributed by atoms with E-state index in [1.807, 2.05) is 49.4 Å². The fourth-order valence-corrected chi connectivity index (χ4v) is 2.41. The van der Waals surface area contributed by atoms with Gasteiger partial charge in [-0.1, -0.05) is 61.6 Å². The standard InChI is InChI=1S/C21H28O4/c1-5-24-20(22)19(21(23)25-6-2)15-17(4)16(3)11-10-14-18-12-8-7-9-13-18/h7-10,12-14,17,19H,3,5-6,11,15H2,1-2,4H3/b14-10+. The molecule has 0 heterocycles. The molecule has 0 saturated carbocycles. The van der Waals surface area contributed by atoms with Gasteiger partial charge in [-0.3, -0.25) is 9.59 Å². The second-order valence-corrected chi connectivity index (χ2v) is 5.87. The maximum Gasteiger partial charge on any atom is 0.320 e. The van der Waals surface area contributed by atoms with Gasteiger partial charge in [0.25, 0.3) is 0 Å². The first kappa shape index (κ1) is 20.7. The van der Waals surface area contributed by atoms with Crippen molar-refractivity contribution in [3.8, 4) is 0 Å². The highest BCUT2D eigenvalue weighted by Crippen LogP contribution is 2.24. The van der Waals surface area contributed by atoms with Gasteiger partial charge in [-0.25, -0.2) is 0 Å². The second kappa shape index (κ2) is 11.2. The van der Waals surface area contributed by atoms with Crippen LogP contribution in [0.4, 0.5) is 0 Å². The molecule has 0 fully saturated rings. The molecule has 0 aliphatic carbocycles. The molecule has 0 spiro atoms. The number of benzene rings is 1. The van der Waals surface area contributed by atoms with Crippen LogP contribution in [-0.2, 0) is 19.1 Å². The van der Waals surface area contributed by atoms with Crippen LogP contribution in [-0.4, -0.2) is 25.2 Å². The number of ether oxygens (including phenoxy) is 2. The summed E-state index contributed by atoms with van der Waals surface area (Å²) < 4.78 is 10.0. The third-order valence-electron chi connectivity index (χ3n) is 3.92. The van der Waals surface area contributed by atoms with Crippen LogP contribution in [0.5, 0.6) is 0 Å². The molecule has 0 bridgehead atoms. The lowest BCUT2D eigenvalue weighted by Gasteiger charge is -2.19. The molecule has 1 unspecified atom stereocenters.